The van der Waals surface area contributed by atoms with E-state index in [4.69, 9.17) is 15.6 Å². The molecule has 5 N–H and O–H groups in total. The Hall–Kier alpha value is -2.32. The average Bonchev–Trinajstić information content (AvgIpc) is 2.28. The van der Waals surface area contributed by atoms with E-state index < -0.39 is 42.1 Å². The zero-order valence-electron chi connectivity index (χ0n) is 12.3. The van der Waals surface area contributed by atoms with E-state index in [0.29, 0.717) is 0 Å². The number of nitrogens with two attached hydrogens (primary N) is 1. The third-order valence-corrected chi connectivity index (χ3v) is 2.10. The van der Waals surface area contributed by atoms with E-state index in [-0.39, 0.29) is 12.8 Å². The number of hydrogen-bond acceptors (Lipinski definition) is 5. The Kier molecular flexibility index (Phi) is 7.18. The Morgan fingerprint density at radius 2 is 1.81 bits per heavy atom. The van der Waals surface area contributed by atoms with Crippen LogP contribution in [0.15, 0.2) is 0 Å². The first-order valence-corrected chi connectivity index (χ1v) is 6.28. The first-order chi connectivity index (χ1) is 9.51. The van der Waals surface area contributed by atoms with Crippen LogP contribution >= 0.6 is 0 Å². The molecule has 1 atom stereocenters. The number of nitrogens with one attached hydrogen (secondary N) is 2. The normalized spacial score (nSPS) is 12.1. The quantitative estimate of drug-likeness (QED) is 0.491. The molecule has 0 aliphatic rings. The molecule has 0 aromatic rings. The van der Waals surface area contributed by atoms with Gasteiger partial charge >= 0.3 is 12.1 Å². The fraction of sp³-hybridized carbons (Fsp3) is 0.667. The van der Waals surface area contributed by atoms with Crippen LogP contribution in [0.3, 0.4) is 0 Å². The Balaban J connectivity index is 4.64. The number of carbonyl (C=O) groups excluding carboxylic acids is 3. The highest BCUT2D eigenvalue weighted by atomic mass is 16.6. The largest absolute Gasteiger partial charge is 0.480 e. The van der Waals surface area contributed by atoms with Gasteiger partial charge in [-0.15, -0.1) is 0 Å². The number of alkyl carbamates (subject to hydrolysis) is 1. The summed E-state index contributed by atoms with van der Waals surface area (Å²) in [5.41, 5.74) is 4.23. The van der Waals surface area contributed by atoms with Gasteiger partial charge in [-0.05, 0) is 27.2 Å². The molecule has 9 heteroatoms. The average molecular weight is 303 g/mol. The number of amides is 3. The number of carbonyl (C=O) groups is 4. The second kappa shape index (κ2) is 8.08. The second-order valence-corrected chi connectivity index (χ2v) is 5.32. The van der Waals surface area contributed by atoms with Crippen molar-refractivity contribution < 1.29 is 29.0 Å². The number of aliphatic carboxylic acids is 1. The van der Waals surface area contributed by atoms with E-state index in [9.17, 15) is 19.2 Å². The first kappa shape index (κ1) is 18.7. The molecule has 3 amide bonds. The number of primary amides is 1. The summed E-state index contributed by atoms with van der Waals surface area (Å²) in [6.45, 7) is 4.35. The van der Waals surface area contributed by atoms with Crippen molar-refractivity contribution in [2.45, 2.75) is 45.3 Å². The molecule has 0 fully saturated rings. The lowest BCUT2D eigenvalue weighted by molar-refractivity contribution is -0.138. The van der Waals surface area contributed by atoms with E-state index >= 15 is 0 Å². The van der Waals surface area contributed by atoms with Gasteiger partial charge in [-0.25, -0.2) is 4.79 Å². The number of carboxylic acids is 1. The van der Waals surface area contributed by atoms with Crippen molar-refractivity contribution in [3.05, 3.63) is 0 Å². The predicted molar refractivity (Wildman–Crippen MR) is 72.2 cm³/mol. The Labute approximate surface area is 122 Å². The third-order valence-electron chi connectivity index (χ3n) is 2.10. The minimum atomic E-state index is -1.23. The molecule has 0 aliphatic carbocycles. The van der Waals surface area contributed by atoms with Crippen LogP contribution in [0, 0.1) is 0 Å². The van der Waals surface area contributed by atoms with Crippen LogP contribution < -0.4 is 16.4 Å². The molecule has 0 bridgehead atoms. The summed E-state index contributed by atoms with van der Waals surface area (Å²) in [4.78, 5) is 44.5. The summed E-state index contributed by atoms with van der Waals surface area (Å²) >= 11 is 0. The molecule has 0 spiro atoms. The Bertz CT molecular complexity index is 416. The van der Waals surface area contributed by atoms with Crippen LogP contribution in [-0.2, 0) is 19.1 Å². The van der Waals surface area contributed by atoms with Crippen LogP contribution in [0.4, 0.5) is 4.79 Å². The maximum Gasteiger partial charge on any atom is 0.408 e. The van der Waals surface area contributed by atoms with Gasteiger partial charge in [-0.1, -0.05) is 0 Å². The molecule has 0 saturated heterocycles. The summed E-state index contributed by atoms with van der Waals surface area (Å²) < 4.78 is 4.99. The van der Waals surface area contributed by atoms with Gasteiger partial charge in [-0.2, -0.15) is 0 Å². The van der Waals surface area contributed by atoms with E-state index in [1.54, 1.807) is 20.8 Å². The fourth-order valence-corrected chi connectivity index (χ4v) is 1.29. The summed E-state index contributed by atoms with van der Waals surface area (Å²) in [7, 11) is 0. The molecule has 0 heterocycles. The number of rotatable bonds is 7. The van der Waals surface area contributed by atoms with Crippen LogP contribution in [0.1, 0.15) is 33.6 Å². The maximum atomic E-state index is 11.8. The monoisotopic (exact) mass is 303 g/mol. The zero-order valence-corrected chi connectivity index (χ0v) is 12.3. The Morgan fingerprint density at radius 3 is 2.24 bits per heavy atom. The minimum absolute atomic E-state index is 0.0555. The molecule has 0 radical (unpaired) electrons. The number of ether oxygens (including phenoxy) is 1. The number of hydrogen-bond donors (Lipinski definition) is 4. The molecule has 0 aromatic heterocycles. The van der Waals surface area contributed by atoms with Crippen LogP contribution in [0.2, 0.25) is 0 Å². The van der Waals surface area contributed by atoms with E-state index in [0.717, 1.165) is 0 Å². The highest BCUT2D eigenvalue weighted by Gasteiger charge is 2.24. The SMILES string of the molecule is CC(C)(C)OC(=O)N[C@@H](CCC(N)=O)C(=O)NCC(=O)O. The van der Waals surface area contributed by atoms with Gasteiger partial charge in [0.1, 0.15) is 18.2 Å². The molecule has 120 valence electrons. The van der Waals surface area contributed by atoms with Crippen molar-refractivity contribution in [1.82, 2.24) is 10.6 Å². The fourth-order valence-electron chi connectivity index (χ4n) is 1.29. The van der Waals surface area contributed by atoms with Crippen LogP contribution in [0.25, 0.3) is 0 Å². The summed E-state index contributed by atoms with van der Waals surface area (Å²) in [5.74, 6) is -2.60. The second-order valence-electron chi connectivity index (χ2n) is 5.32. The van der Waals surface area contributed by atoms with Crippen LogP contribution in [0.5, 0.6) is 0 Å². The van der Waals surface area contributed by atoms with Gasteiger partial charge in [0.2, 0.25) is 11.8 Å². The molecular formula is C12H21N3O6. The Morgan fingerprint density at radius 1 is 1.24 bits per heavy atom. The van der Waals surface area contributed by atoms with Crippen molar-refractivity contribution in [3.63, 3.8) is 0 Å². The van der Waals surface area contributed by atoms with Gasteiger partial charge in [-0.3, -0.25) is 14.4 Å². The molecular weight excluding hydrogens is 282 g/mol. The first-order valence-electron chi connectivity index (χ1n) is 6.28. The van der Waals surface area contributed by atoms with Gasteiger partial charge in [0.05, 0.1) is 0 Å². The van der Waals surface area contributed by atoms with Crippen molar-refractivity contribution in [1.29, 1.82) is 0 Å². The highest BCUT2D eigenvalue weighted by Crippen LogP contribution is 2.07. The third kappa shape index (κ3) is 10.2. The summed E-state index contributed by atoms with van der Waals surface area (Å²) in [6, 6.07) is -1.10. The molecule has 21 heavy (non-hydrogen) atoms. The molecule has 0 unspecified atom stereocenters. The van der Waals surface area contributed by atoms with E-state index in [2.05, 4.69) is 10.6 Å². The molecule has 9 nitrogen and oxygen atoms in total. The zero-order chi connectivity index (χ0) is 16.6. The van der Waals surface area contributed by atoms with Crippen molar-refractivity contribution in [2.24, 2.45) is 5.73 Å². The predicted octanol–water partition coefficient (Wildman–Crippen LogP) is -0.654. The smallest absolute Gasteiger partial charge is 0.408 e. The topological polar surface area (TPSA) is 148 Å². The van der Waals surface area contributed by atoms with Crippen molar-refractivity contribution in [2.75, 3.05) is 6.54 Å². The van der Waals surface area contributed by atoms with Crippen molar-refractivity contribution in [3.8, 4) is 0 Å². The molecule has 0 rings (SSSR count). The van der Waals surface area contributed by atoms with E-state index in [1.165, 1.54) is 0 Å². The van der Waals surface area contributed by atoms with Crippen molar-refractivity contribution >= 4 is 23.9 Å². The lowest BCUT2D eigenvalue weighted by atomic mass is 10.1. The minimum Gasteiger partial charge on any atom is -0.480 e. The van der Waals surface area contributed by atoms with Gasteiger partial charge in [0.25, 0.3) is 0 Å². The number of carboxylic acid groups (broad SMARTS) is 1. The molecule has 0 aromatic carbocycles. The lowest BCUT2D eigenvalue weighted by Gasteiger charge is -2.23. The summed E-state index contributed by atoms with van der Waals surface area (Å²) in [5, 5.41) is 12.9. The van der Waals surface area contributed by atoms with Gasteiger partial charge < -0.3 is 26.2 Å². The molecule has 0 saturated carbocycles. The van der Waals surface area contributed by atoms with Gasteiger partial charge in [0, 0.05) is 6.42 Å². The van der Waals surface area contributed by atoms with E-state index in [1.807, 2.05) is 0 Å². The van der Waals surface area contributed by atoms with Gasteiger partial charge in [0.15, 0.2) is 0 Å². The highest BCUT2D eigenvalue weighted by molar-refractivity contribution is 5.88. The standard InChI is InChI=1S/C12H21N3O6/c1-12(2,3)21-11(20)15-7(4-5-8(13)16)10(19)14-6-9(17)18/h7H,4-6H2,1-3H3,(H2,13,16)(H,14,19)(H,15,20)(H,17,18)/t7-/m0/s1. The maximum absolute atomic E-state index is 11.8. The summed E-state index contributed by atoms with van der Waals surface area (Å²) in [6.07, 6.45) is -1.04. The molecule has 0 aliphatic heterocycles. The lowest BCUT2D eigenvalue weighted by Crippen LogP contribution is -2.49. The van der Waals surface area contributed by atoms with Crippen LogP contribution in [-0.4, -0.2) is 47.2 Å².